The Morgan fingerprint density at radius 3 is 1.92 bits per heavy atom. The summed E-state index contributed by atoms with van der Waals surface area (Å²) in [6.45, 7) is 3.59. The topological polar surface area (TPSA) is 111 Å². The Kier molecular flexibility index (Phi) is 5.49. The summed E-state index contributed by atoms with van der Waals surface area (Å²) in [7, 11) is -3.78. The van der Waals surface area contributed by atoms with Gasteiger partial charge in [-0.1, -0.05) is 80.6 Å². The van der Waals surface area contributed by atoms with E-state index in [9.17, 15) is 23.7 Å². The van der Waals surface area contributed by atoms with Crippen LogP contribution in [0, 0.1) is 16.7 Å². The molecular weight excluding hydrogens is 473 g/mol. The maximum Gasteiger partial charge on any atom is 0.232 e. The highest BCUT2D eigenvalue weighted by Crippen LogP contribution is 2.63. The molecule has 2 atom stereocenters. The monoisotopic (exact) mass is 499 g/mol. The highest BCUT2D eigenvalue weighted by Gasteiger charge is 2.72. The molecule has 0 radical (unpaired) electrons. The van der Waals surface area contributed by atoms with Crippen molar-refractivity contribution in [2.75, 3.05) is 5.73 Å². The van der Waals surface area contributed by atoms with E-state index in [-0.39, 0.29) is 16.8 Å². The summed E-state index contributed by atoms with van der Waals surface area (Å²) >= 11 is 0. The van der Waals surface area contributed by atoms with Crippen LogP contribution in [0.15, 0.2) is 78.9 Å². The molecule has 0 heterocycles. The lowest BCUT2D eigenvalue weighted by Crippen LogP contribution is -2.44. The molecule has 0 aliphatic heterocycles. The fourth-order valence-corrected chi connectivity index (χ4v) is 8.55. The second kappa shape index (κ2) is 8.21. The van der Waals surface area contributed by atoms with Gasteiger partial charge in [0.15, 0.2) is 5.78 Å². The third-order valence-electron chi connectivity index (χ3n) is 8.16. The summed E-state index contributed by atoms with van der Waals surface area (Å²) in [5, 5.41) is 0.766. The molecule has 2 bridgehead atoms. The minimum atomic E-state index is -3.78. The fourth-order valence-electron chi connectivity index (χ4n) is 6.06. The number of Topliss-reactive ketones (excluding diaryl/α,β-unsaturated/α-hetero) is 3. The molecular formula is C29H26NO5P. The molecule has 0 amide bonds. The summed E-state index contributed by atoms with van der Waals surface area (Å²) in [5.74, 6) is -2.03. The van der Waals surface area contributed by atoms with Crippen molar-refractivity contribution in [1.29, 1.82) is 0 Å². The van der Waals surface area contributed by atoms with Gasteiger partial charge in [0.1, 0.15) is 5.41 Å². The Morgan fingerprint density at radius 2 is 1.44 bits per heavy atom. The second-order valence-electron chi connectivity index (χ2n) is 10.1. The van der Waals surface area contributed by atoms with Gasteiger partial charge in [-0.25, -0.2) is 0 Å². The molecule has 0 spiro atoms. The summed E-state index contributed by atoms with van der Waals surface area (Å²) < 4.78 is 14.4. The maximum atomic E-state index is 14.4. The van der Waals surface area contributed by atoms with Gasteiger partial charge in [0.2, 0.25) is 24.2 Å². The lowest BCUT2D eigenvalue weighted by molar-refractivity contribution is -0.140. The zero-order valence-electron chi connectivity index (χ0n) is 20.1. The van der Waals surface area contributed by atoms with Crippen LogP contribution < -0.4 is 16.3 Å². The van der Waals surface area contributed by atoms with Crippen molar-refractivity contribution >= 4 is 46.3 Å². The average molecular weight is 500 g/mol. The lowest BCUT2D eigenvalue weighted by Gasteiger charge is -2.34. The highest BCUT2D eigenvalue weighted by molar-refractivity contribution is 7.93. The summed E-state index contributed by atoms with van der Waals surface area (Å²) in [5.41, 5.74) is 3.64. The molecule has 2 fully saturated rings. The van der Waals surface area contributed by atoms with E-state index in [0.29, 0.717) is 23.5 Å². The normalized spacial score (nSPS) is 22.6. The van der Waals surface area contributed by atoms with Gasteiger partial charge in [0, 0.05) is 33.3 Å². The van der Waals surface area contributed by atoms with Crippen LogP contribution in [-0.2, 0) is 14.2 Å². The van der Waals surface area contributed by atoms with E-state index in [0.717, 1.165) is 0 Å². The number of hydrogen-bond acceptors (Lipinski definition) is 6. The number of rotatable bonds is 6. The average Bonchev–Trinajstić information content (AvgIpc) is 3.24. The molecule has 6 nitrogen and oxygen atoms in total. The number of hydrogen-bond donors (Lipinski definition) is 1. The van der Waals surface area contributed by atoms with Crippen LogP contribution in [0.4, 0.5) is 5.69 Å². The van der Waals surface area contributed by atoms with Gasteiger partial charge in [-0.3, -0.25) is 19.2 Å². The van der Waals surface area contributed by atoms with Gasteiger partial charge in [0.05, 0.1) is 0 Å². The number of nitrogen functional groups attached to an aromatic ring is 1. The minimum Gasteiger partial charge on any atom is -0.398 e. The fraction of sp³-hybridized carbons (Fsp3) is 0.241. The number of benzene rings is 3. The van der Waals surface area contributed by atoms with Crippen molar-refractivity contribution < 1.29 is 23.7 Å². The van der Waals surface area contributed by atoms with Gasteiger partial charge >= 0.3 is 0 Å². The summed E-state index contributed by atoms with van der Waals surface area (Å²) in [4.78, 5) is 53.0. The Labute approximate surface area is 209 Å². The number of nitrogens with two attached hydrogens (primary N) is 1. The van der Waals surface area contributed by atoms with E-state index in [1.54, 1.807) is 74.5 Å². The van der Waals surface area contributed by atoms with Gasteiger partial charge < -0.3 is 10.3 Å². The van der Waals surface area contributed by atoms with E-state index in [2.05, 4.69) is 0 Å². The van der Waals surface area contributed by atoms with Crippen LogP contribution in [-0.4, -0.2) is 22.9 Å². The van der Waals surface area contributed by atoms with Crippen LogP contribution in [0.3, 0.4) is 0 Å². The van der Waals surface area contributed by atoms with Crippen LogP contribution in [0.1, 0.15) is 47.4 Å². The number of ketones is 3. The highest BCUT2D eigenvalue weighted by atomic mass is 31.2. The van der Waals surface area contributed by atoms with E-state index < -0.39 is 46.8 Å². The Balaban J connectivity index is 1.57. The van der Waals surface area contributed by atoms with E-state index >= 15 is 0 Å². The smallest absolute Gasteiger partial charge is 0.232 e. The molecule has 2 saturated carbocycles. The van der Waals surface area contributed by atoms with Gasteiger partial charge in [-0.15, -0.1) is 0 Å². The number of carbonyl (C=O) groups is 4. The molecule has 2 N–H and O–H groups in total. The molecule has 182 valence electrons. The van der Waals surface area contributed by atoms with Crippen molar-refractivity contribution in [3.63, 3.8) is 0 Å². The predicted molar refractivity (Wildman–Crippen MR) is 138 cm³/mol. The van der Waals surface area contributed by atoms with Gasteiger partial charge in [0.25, 0.3) is 0 Å². The Hall–Kier alpha value is -3.63. The first-order valence-corrected chi connectivity index (χ1v) is 13.6. The molecule has 3 aromatic rings. The zero-order chi connectivity index (χ0) is 25.9. The van der Waals surface area contributed by atoms with E-state index in [4.69, 9.17) is 5.73 Å². The second-order valence-corrected chi connectivity index (χ2v) is 12.8. The quantitative estimate of drug-likeness (QED) is 0.179. The first-order chi connectivity index (χ1) is 17.1. The minimum absolute atomic E-state index is 0.00142. The molecule has 0 aromatic heterocycles. The van der Waals surface area contributed by atoms with Gasteiger partial charge in [-0.05, 0) is 30.4 Å². The SMILES string of the molecule is CC1(C)C2CCC1(C(=O)c1ccc(C(=O)P(=O)(c3ccccc3)c3ccccc3)c(N)c1)C(=O)C2=O. The van der Waals surface area contributed by atoms with Gasteiger partial charge in [-0.2, -0.15) is 0 Å². The largest absolute Gasteiger partial charge is 0.398 e. The number of carbonyl (C=O) groups excluding carboxylic acids is 4. The molecule has 5 rings (SSSR count). The molecule has 2 unspecified atom stereocenters. The van der Waals surface area contributed by atoms with E-state index in [1.807, 2.05) is 0 Å². The third-order valence-corrected chi connectivity index (χ3v) is 11.0. The van der Waals surface area contributed by atoms with Crippen molar-refractivity contribution in [2.45, 2.75) is 26.7 Å². The van der Waals surface area contributed by atoms with Crippen molar-refractivity contribution in [3.8, 4) is 0 Å². The standard InChI is InChI=1S/C29H26NO5P/c1-28(2)22-15-16-29(28,26(33)24(22)31)25(32)18-13-14-21(23(30)17-18)27(34)36(35,19-9-5-3-6-10-19)20-11-7-4-8-12-20/h3-14,17,22H,15-16,30H2,1-2H3. The molecule has 2 aliphatic carbocycles. The Morgan fingerprint density at radius 1 is 0.889 bits per heavy atom. The molecule has 3 aromatic carbocycles. The number of fused-ring (bicyclic) bond motifs is 2. The Bertz CT molecular complexity index is 1430. The molecule has 2 aliphatic rings. The van der Waals surface area contributed by atoms with Crippen LogP contribution >= 0.6 is 7.14 Å². The predicted octanol–water partition coefficient (Wildman–Crippen LogP) is 4.18. The molecule has 7 heteroatoms. The number of anilines is 1. The van der Waals surface area contributed by atoms with Crippen molar-refractivity contribution in [2.24, 2.45) is 16.7 Å². The van der Waals surface area contributed by atoms with E-state index in [1.165, 1.54) is 18.2 Å². The third kappa shape index (κ3) is 3.07. The lowest BCUT2D eigenvalue weighted by atomic mass is 9.65. The first kappa shape index (κ1) is 24.1. The summed E-state index contributed by atoms with van der Waals surface area (Å²) in [6, 6.07) is 21.3. The van der Waals surface area contributed by atoms with Crippen LogP contribution in [0.2, 0.25) is 0 Å². The van der Waals surface area contributed by atoms with Crippen LogP contribution in [0.25, 0.3) is 0 Å². The first-order valence-electron chi connectivity index (χ1n) is 11.9. The zero-order valence-corrected chi connectivity index (χ0v) is 21.0. The van der Waals surface area contributed by atoms with Crippen LogP contribution in [0.5, 0.6) is 0 Å². The van der Waals surface area contributed by atoms with Crippen molar-refractivity contribution in [3.05, 3.63) is 90.0 Å². The molecule has 36 heavy (non-hydrogen) atoms. The summed E-state index contributed by atoms with van der Waals surface area (Å²) in [6.07, 6.45) is 0.804. The maximum absolute atomic E-state index is 14.4. The van der Waals surface area contributed by atoms with Crippen molar-refractivity contribution in [1.82, 2.24) is 0 Å². The molecule has 0 saturated heterocycles.